The van der Waals surface area contributed by atoms with Crippen LogP contribution in [-0.4, -0.2) is 28.1 Å². The van der Waals surface area contributed by atoms with E-state index < -0.39 is 11.9 Å². The molecule has 29 heavy (non-hydrogen) atoms. The summed E-state index contributed by atoms with van der Waals surface area (Å²) in [5.74, 6) is 0. The standard InChI is InChI=1S/C22H21F3N2O2/c23-22(24,25)20-10-9-16(13-26-20)17-11-18-7-4-8-19(12-17)27(18)21(28)29-14-15-5-2-1-3-6-15/h1-3,5-6,9-11,13,18-19H,4,7-8,12,14H2. The maximum absolute atomic E-state index is 12.7. The van der Waals surface area contributed by atoms with Crippen molar-refractivity contribution in [2.24, 2.45) is 0 Å². The number of aromatic nitrogens is 1. The molecule has 4 nitrogen and oxygen atoms in total. The van der Waals surface area contributed by atoms with E-state index in [0.29, 0.717) is 12.0 Å². The Bertz CT molecular complexity index is 895. The lowest BCUT2D eigenvalue weighted by Crippen LogP contribution is -2.51. The van der Waals surface area contributed by atoms with Crippen LogP contribution in [0.15, 0.2) is 54.7 Å². The van der Waals surface area contributed by atoms with E-state index in [9.17, 15) is 18.0 Å². The quantitative estimate of drug-likeness (QED) is 0.686. The maximum atomic E-state index is 12.7. The Labute approximate surface area is 167 Å². The Morgan fingerprint density at radius 2 is 1.93 bits per heavy atom. The number of carbonyl (C=O) groups excluding carboxylic acids is 1. The van der Waals surface area contributed by atoms with Gasteiger partial charge in [0.15, 0.2) is 0 Å². The largest absolute Gasteiger partial charge is 0.445 e. The summed E-state index contributed by atoms with van der Waals surface area (Å²) in [6, 6.07) is 11.8. The van der Waals surface area contributed by atoms with Gasteiger partial charge in [-0.1, -0.05) is 42.5 Å². The van der Waals surface area contributed by atoms with E-state index in [1.807, 2.05) is 36.4 Å². The van der Waals surface area contributed by atoms with Crippen molar-refractivity contribution in [3.63, 3.8) is 0 Å². The van der Waals surface area contributed by atoms with Gasteiger partial charge in [0.05, 0.1) is 6.04 Å². The molecule has 3 heterocycles. The minimum Gasteiger partial charge on any atom is -0.445 e. The first-order valence-electron chi connectivity index (χ1n) is 9.65. The molecule has 1 aromatic carbocycles. The number of piperidine rings is 1. The van der Waals surface area contributed by atoms with Crippen molar-refractivity contribution in [3.05, 3.63) is 71.6 Å². The molecule has 1 saturated heterocycles. The maximum Gasteiger partial charge on any atom is 0.433 e. The molecule has 4 rings (SSSR count). The first-order valence-corrected chi connectivity index (χ1v) is 9.65. The fourth-order valence-electron chi connectivity index (χ4n) is 4.07. The van der Waals surface area contributed by atoms with Crippen molar-refractivity contribution in [2.45, 2.75) is 50.6 Å². The molecule has 1 amide bonds. The van der Waals surface area contributed by atoms with E-state index in [1.165, 1.54) is 12.3 Å². The first-order chi connectivity index (χ1) is 13.9. The molecule has 0 radical (unpaired) electrons. The summed E-state index contributed by atoms with van der Waals surface area (Å²) in [7, 11) is 0. The van der Waals surface area contributed by atoms with Crippen LogP contribution in [0.2, 0.25) is 0 Å². The molecule has 1 fully saturated rings. The van der Waals surface area contributed by atoms with Gasteiger partial charge in [0.1, 0.15) is 12.3 Å². The summed E-state index contributed by atoms with van der Waals surface area (Å²) in [5, 5.41) is 0. The number of ether oxygens (including phenoxy) is 1. The van der Waals surface area contributed by atoms with Crippen LogP contribution in [-0.2, 0) is 17.5 Å². The van der Waals surface area contributed by atoms with Crippen molar-refractivity contribution in [1.29, 1.82) is 0 Å². The van der Waals surface area contributed by atoms with Gasteiger partial charge in [0, 0.05) is 12.2 Å². The normalized spacial score (nSPS) is 21.5. The average molecular weight is 402 g/mol. The number of fused-ring (bicyclic) bond motifs is 2. The van der Waals surface area contributed by atoms with Gasteiger partial charge < -0.3 is 4.74 Å². The SMILES string of the molecule is O=C(OCc1ccccc1)N1C2C=C(c3ccc(C(F)(F)F)nc3)CC1CCC2. The zero-order chi connectivity index (χ0) is 20.4. The second kappa shape index (κ2) is 7.89. The highest BCUT2D eigenvalue weighted by Crippen LogP contribution is 2.38. The topological polar surface area (TPSA) is 42.4 Å². The van der Waals surface area contributed by atoms with Crippen LogP contribution in [0.3, 0.4) is 0 Å². The number of benzene rings is 1. The second-order valence-electron chi connectivity index (χ2n) is 7.43. The summed E-state index contributed by atoms with van der Waals surface area (Å²) in [5.41, 5.74) is 1.64. The average Bonchev–Trinajstić information content (AvgIpc) is 2.71. The number of hydrogen-bond donors (Lipinski definition) is 0. The smallest absolute Gasteiger partial charge is 0.433 e. The van der Waals surface area contributed by atoms with E-state index in [-0.39, 0.29) is 24.8 Å². The Balaban J connectivity index is 1.49. The van der Waals surface area contributed by atoms with E-state index in [0.717, 1.165) is 36.5 Å². The molecule has 7 heteroatoms. The second-order valence-corrected chi connectivity index (χ2v) is 7.43. The monoisotopic (exact) mass is 402 g/mol. The molecule has 2 aliphatic rings. The summed E-state index contributed by atoms with van der Waals surface area (Å²) in [6.07, 6.45) is 1.71. The molecule has 1 aromatic heterocycles. The van der Waals surface area contributed by atoms with Crippen LogP contribution in [0.4, 0.5) is 18.0 Å². The van der Waals surface area contributed by atoms with E-state index in [4.69, 9.17) is 4.74 Å². The fraction of sp³-hybridized carbons (Fsp3) is 0.364. The number of hydrogen-bond acceptors (Lipinski definition) is 3. The van der Waals surface area contributed by atoms with Crippen molar-refractivity contribution < 1.29 is 22.7 Å². The van der Waals surface area contributed by atoms with Gasteiger partial charge in [-0.05, 0) is 48.4 Å². The molecule has 2 bridgehead atoms. The Morgan fingerprint density at radius 1 is 1.14 bits per heavy atom. The summed E-state index contributed by atoms with van der Waals surface area (Å²) in [4.78, 5) is 18.1. The zero-order valence-electron chi connectivity index (χ0n) is 15.7. The Hall–Kier alpha value is -2.83. The molecule has 152 valence electrons. The van der Waals surface area contributed by atoms with Crippen molar-refractivity contribution in [2.75, 3.05) is 0 Å². The van der Waals surface area contributed by atoms with E-state index in [1.54, 1.807) is 4.90 Å². The van der Waals surface area contributed by atoms with Gasteiger partial charge >= 0.3 is 12.3 Å². The highest BCUT2D eigenvalue weighted by molar-refractivity contribution is 5.74. The molecular weight excluding hydrogens is 381 g/mol. The van der Waals surface area contributed by atoms with Crippen molar-refractivity contribution in [3.8, 4) is 0 Å². The van der Waals surface area contributed by atoms with Gasteiger partial charge in [-0.3, -0.25) is 9.88 Å². The van der Waals surface area contributed by atoms with Gasteiger partial charge in [-0.15, -0.1) is 0 Å². The Morgan fingerprint density at radius 3 is 2.59 bits per heavy atom. The number of nitrogens with zero attached hydrogens (tertiary/aromatic N) is 2. The van der Waals surface area contributed by atoms with Crippen LogP contribution in [0.25, 0.3) is 5.57 Å². The molecular formula is C22H21F3N2O2. The highest BCUT2D eigenvalue weighted by Gasteiger charge is 2.38. The predicted octanol–water partition coefficient (Wildman–Crippen LogP) is 5.45. The third-order valence-corrected chi connectivity index (χ3v) is 5.48. The lowest BCUT2D eigenvalue weighted by molar-refractivity contribution is -0.141. The highest BCUT2D eigenvalue weighted by atomic mass is 19.4. The van der Waals surface area contributed by atoms with E-state index >= 15 is 0 Å². The van der Waals surface area contributed by atoms with Gasteiger partial charge in [0.2, 0.25) is 0 Å². The molecule has 0 aliphatic carbocycles. The van der Waals surface area contributed by atoms with Gasteiger partial charge in [0.25, 0.3) is 0 Å². The van der Waals surface area contributed by atoms with E-state index in [2.05, 4.69) is 4.98 Å². The Kier molecular flexibility index (Phi) is 5.30. The summed E-state index contributed by atoms with van der Waals surface area (Å²) < 4.78 is 43.8. The molecule has 2 aromatic rings. The summed E-state index contributed by atoms with van der Waals surface area (Å²) >= 11 is 0. The number of carbonyl (C=O) groups is 1. The van der Waals surface area contributed by atoms with Crippen LogP contribution in [0.1, 0.15) is 42.5 Å². The molecule has 2 atom stereocenters. The number of alkyl halides is 3. The number of amides is 1. The van der Waals surface area contributed by atoms with Gasteiger partial charge in [-0.2, -0.15) is 13.2 Å². The molecule has 0 spiro atoms. The molecule has 0 N–H and O–H groups in total. The molecule has 0 saturated carbocycles. The summed E-state index contributed by atoms with van der Waals surface area (Å²) in [6.45, 7) is 0.217. The van der Waals surface area contributed by atoms with Crippen LogP contribution < -0.4 is 0 Å². The lowest BCUT2D eigenvalue weighted by Gasteiger charge is -2.44. The van der Waals surface area contributed by atoms with Crippen LogP contribution in [0.5, 0.6) is 0 Å². The number of halogens is 3. The van der Waals surface area contributed by atoms with Crippen molar-refractivity contribution in [1.82, 2.24) is 9.88 Å². The minimum absolute atomic E-state index is 0.0145. The van der Waals surface area contributed by atoms with Gasteiger partial charge in [-0.25, -0.2) is 4.79 Å². The zero-order valence-corrected chi connectivity index (χ0v) is 15.7. The fourth-order valence-corrected chi connectivity index (χ4v) is 4.07. The lowest BCUT2D eigenvalue weighted by atomic mass is 9.83. The number of pyridine rings is 1. The minimum atomic E-state index is -4.45. The van der Waals surface area contributed by atoms with Crippen LogP contribution >= 0.6 is 0 Å². The first kappa shape index (κ1) is 19.5. The predicted molar refractivity (Wildman–Crippen MR) is 102 cm³/mol. The molecule has 2 unspecified atom stereocenters. The third kappa shape index (κ3) is 4.28. The number of rotatable bonds is 3. The molecule has 2 aliphatic heterocycles. The van der Waals surface area contributed by atoms with Crippen LogP contribution in [0, 0.1) is 0 Å². The van der Waals surface area contributed by atoms with Crippen molar-refractivity contribution >= 4 is 11.7 Å². The third-order valence-electron chi connectivity index (χ3n) is 5.48.